The molecule has 2 heterocycles. The number of nitrogen functional groups attached to an aromatic ring is 1. The molecule has 3 N–H and O–H groups in total. The van der Waals surface area contributed by atoms with Crippen molar-refractivity contribution in [2.45, 2.75) is 32.6 Å². The maximum atomic E-state index is 13.6. The van der Waals surface area contributed by atoms with Gasteiger partial charge in [-0.1, -0.05) is 26.0 Å². The molecule has 0 saturated carbocycles. The summed E-state index contributed by atoms with van der Waals surface area (Å²) in [6.07, 6.45) is 1.06. The third-order valence-corrected chi connectivity index (χ3v) is 5.52. The number of rotatable bonds is 2. The zero-order valence-corrected chi connectivity index (χ0v) is 16.5. The van der Waals surface area contributed by atoms with Crippen molar-refractivity contribution in [3.05, 3.63) is 58.0 Å². The number of Topliss-reactive ketones (excluding diaryl/α,β-unsaturated/α-hetero) is 1. The summed E-state index contributed by atoms with van der Waals surface area (Å²) in [6.45, 7) is 4.08. The van der Waals surface area contributed by atoms with Crippen LogP contribution in [0.15, 0.2) is 35.5 Å². The van der Waals surface area contributed by atoms with Crippen LogP contribution in [0.5, 0.6) is 5.88 Å². The first kappa shape index (κ1) is 18.9. The van der Waals surface area contributed by atoms with E-state index in [1.807, 2.05) is 19.9 Å². The number of pyridine rings is 1. The molecular weight excluding hydrogens is 371 g/mol. The minimum Gasteiger partial charge on any atom is -0.480 e. The predicted octanol–water partition coefficient (Wildman–Crippen LogP) is 3.88. The summed E-state index contributed by atoms with van der Waals surface area (Å²) < 4.78 is 18.8. The number of nitrogens with one attached hydrogen (secondary N) is 1. The molecule has 0 saturated heterocycles. The summed E-state index contributed by atoms with van der Waals surface area (Å²) in [5.74, 6) is -0.309. The first-order valence-corrected chi connectivity index (χ1v) is 9.32. The Balaban J connectivity index is 2.02. The van der Waals surface area contributed by atoms with E-state index in [-0.39, 0.29) is 34.1 Å². The minimum atomic E-state index is -0.532. The van der Waals surface area contributed by atoms with Crippen molar-refractivity contribution in [3.8, 4) is 11.9 Å². The van der Waals surface area contributed by atoms with Crippen LogP contribution in [0.2, 0.25) is 0 Å². The Hall–Kier alpha value is -3.40. The molecule has 29 heavy (non-hydrogen) atoms. The van der Waals surface area contributed by atoms with Crippen molar-refractivity contribution in [1.29, 1.82) is 5.26 Å². The highest BCUT2D eigenvalue weighted by Crippen LogP contribution is 2.51. The van der Waals surface area contributed by atoms with Crippen molar-refractivity contribution in [2.24, 2.45) is 5.41 Å². The second kappa shape index (κ2) is 6.59. The number of halogens is 1. The molecule has 4 rings (SSSR count). The fourth-order valence-electron chi connectivity index (χ4n) is 4.30. The molecule has 2 aromatic rings. The third-order valence-electron chi connectivity index (χ3n) is 5.52. The third kappa shape index (κ3) is 3.01. The predicted molar refractivity (Wildman–Crippen MR) is 107 cm³/mol. The van der Waals surface area contributed by atoms with E-state index in [0.717, 1.165) is 11.3 Å². The highest BCUT2D eigenvalue weighted by atomic mass is 19.1. The molecule has 0 fully saturated rings. The van der Waals surface area contributed by atoms with Crippen LogP contribution in [0.4, 0.5) is 15.9 Å². The summed E-state index contributed by atoms with van der Waals surface area (Å²) in [7, 11) is 1.42. The van der Waals surface area contributed by atoms with E-state index in [0.29, 0.717) is 29.8 Å². The number of carbonyl (C=O) groups is 1. The first-order chi connectivity index (χ1) is 13.8. The van der Waals surface area contributed by atoms with Gasteiger partial charge in [0, 0.05) is 29.2 Å². The van der Waals surface area contributed by atoms with Crippen LogP contribution >= 0.6 is 0 Å². The molecule has 7 heteroatoms. The number of nitrogens with zero attached hydrogens (tertiary/aromatic N) is 2. The number of benzene rings is 1. The van der Waals surface area contributed by atoms with E-state index in [4.69, 9.17) is 10.5 Å². The van der Waals surface area contributed by atoms with Crippen molar-refractivity contribution in [2.75, 3.05) is 18.2 Å². The number of ketones is 1. The molecular formula is C22H21FN4O2. The lowest BCUT2D eigenvalue weighted by atomic mass is 9.69. The van der Waals surface area contributed by atoms with Gasteiger partial charge in [0.15, 0.2) is 5.78 Å². The van der Waals surface area contributed by atoms with Crippen LogP contribution in [-0.2, 0) is 4.79 Å². The number of hydrogen-bond donors (Lipinski definition) is 2. The van der Waals surface area contributed by atoms with Crippen LogP contribution in [0.3, 0.4) is 0 Å². The largest absolute Gasteiger partial charge is 0.480 e. The molecule has 0 bridgehead atoms. The van der Waals surface area contributed by atoms with Gasteiger partial charge >= 0.3 is 0 Å². The number of carbonyl (C=O) groups excluding carboxylic acids is 1. The van der Waals surface area contributed by atoms with Gasteiger partial charge in [-0.25, -0.2) is 4.39 Å². The van der Waals surface area contributed by atoms with Gasteiger partial charge in [0.05, 0.1) is 12.8 Å². The van der Waals surface area contributed by atoms with Gasteiger partial charge in [-0.05, 0) is 29.5 Å². The number of nitriles is 1. The maximum absolute atomic E-state index is 13.6. The van der Waals surface area contributed by atoms with Crippen LogP contribution in [0.1, 0.15) is 49.3 Å². The smallest absolute Gasteiger partial charge is 0.235 e. The number of nitrogens with two attached hydrogens (primary N) is 1. The Morgan fingerprint density at radius 1 is 1.31 bits per heavy atom. The number of anilines is 2. The Morgan fingerprint density at radius 3 is 2.62 bits per heavy atom. The number of fused-ring (bicyclic) bond motifs is 1. The second-order valence-corrected chi connectivity index (χ2v) is 8.23. The van der Waals surface area contributed by atoms with Crippen molar-refractivity contribution < 1.29 is 13.9 Å². The molecule has 1 aliphatic carbocycles. The van der Waals surface area contributed by atoms with Crippen molar-refractivity contribution >= 4 is 17.3 Å². The first-order valence-electron chi connectivity index (χ1n) is 9.32. The fourth-order valence-corrected chi connectivity index (χ4v) is 4.30. The summed E-state index contributed by atoms with van der Waals surface area (Å²) >= 11 is 0. The van der Waals surface area contributed by atoms with Gasteiger partial charge in [-0.3, -0.25) is 4.79 Å². The van der Waals surface area contributed by atoms with Crippen LogP contribution in [-0.4, -0.2) is 17.9 Å². The van der Waals surface area contributed by atoms with E-state index in [9.17, 15) is 14.4 Å². The zero-order valence-electron chi connectivity index (χ0n) is 16.5. The Labute approximate surface area is 168 Å². The standard InChI is InChI=1S/C22H21FN4O2/c1-22(2)8-14-17(15(28)9-22)16(11-4-6-12(23)7-5-11)18-19(25)13(10-24)21(29-3)27-20(18)26-14/h4-7,16H,8-9H2,1-3H3,(H3,25,26,27). The number of allylic oxidation sites excluding steroid dienone is 2. The molecule has 0 amide bonds. The summed E-state index contributed by atoms with van der Waals surface area (Å²) in [6, 6.07) is 8.03. The van der Waals surface area contributed by atoms with Crippen molar-refractivity contribution in [3.63, 3.8) is 0 Å². The van der Waals surface area contributed by atoms with Crippen molar-refractivity contribution in [1.82, 2.24) is 4.98 Å². The van der Waals surface area contributed by atoms with Gasteiger partial charge in [0.1, 0.15) is 23.3 Å². The van der Waals surface area contributed by atoms with Gasteiger partial charge in [-0.15, -0.1) is 0 Å². The van der Waals surface area contributed by atoms with E-state index in [2.05, 4.69) is 10.3 Å². The topological polar surface area (TPSA) is 101 Å². The Kier molecular flexibility index (Phi) is 4.30. The van der Waals surface area contributed by atoms with Gasteiger partial charge in [0.2, 0.25) is 5.88 Å². The average Bonchev–Trinajstić information content (AvgIpc) is 2.66. The van der Waals surface area contributed by atoms with Crippen LogP contribution in [0.25, 0.3) is 0 Å². The van der Waals surface area contributed by atoms with Gasteiger partial charge in [0.25, 0.3) is 0 Å². The zero-order chi connectivity index (χ0) is 20.9. The molecule has 148 valence electrons. The SMILES string of the molecule is COc1nc2c(c(N)c1C#N)C(c1ccc(F)cc1)C1=C(CC(C)(C)CC1=O)N2. The van der Waals surface area contributed by atoms with Gasteiger partial charge < -0.3 is 15.8 Å². The Bertz CT molecular complexity index is 1100. The molecule has 0 spiro atoms. The number of hydrogen-bond acceptors (Lipinski definition) is 6. The lowest BCUT2D eigenvalue weighted by Gasteiger charge is -2.39. The number of ether oxygens (including phenoxy) is 1. The molecule has 6 nitrogen and oxygen atoms in total. The fraction of sp³-hybridized carbons (Fsp3) is 0.318. The van der Waals surface area contributed by atoms with E-state index < -0.39 is 5.92 Å². The maximum Gasteiger partial charge on any atom is 0.235 e. The highest BCUT2D eigenvalue weighted by Gasteiger charge is 2.42. The molecule has 0 radical (unpaired) electrons. The Morgan fingerprint density at radius 2 is 2.00 bits per heavy atom. The van der Waals surface area contributed by atoms with Crippen LogP contribution < -0.4 is 15.8 Å². The molecule has 1 aromatic carbocycles. The molecule has 1 atom stereocenters. The average molecular weight is 392 g/mol. The normalized spacial score (nSPS) is 19.7. The highest BCUT2D eigenvalue weighted by molar-refractivity contribution is 6.02. The lowest BCUT2D eigenvalue weighted by molar-refractivity contribution is -0.118. The van der Waals surface area contributed by atoms with E-state index in [1.54, 1.807) is 12.1 Å². The molecule has 1 aromatic heterocycles. The van der Waals surface area contributed by atoms with E-state index in [1.165, 1.54) is 19.2 Å². The molecule has 1 unspecified atom stereocenters. The quantitative estimate of drug-likeness (QED) is 0.804. The second-order valence-electron chi connectivity index (χ2n) is 8.23. The lowest BCUT2D eigenvalue weighted by Crippen LogP contribution is -2.34. The number of methoxy groups -OCH3 is 1. The molecule has 1 aliphatic heterocycles. The minimum absolute atomic E-state index is 0.0115. The summed E-state index contributed by atoms with van der Waals surface area (Å²) in [5, 5.41) is 12.8. The van der Waals surface area contributed by atoms with E-state index >= 15 is 0 Å². The summed E-state index contributed by atoms with van der Waals surface area (Å²) in [4.78, 5) is 17.6. The molecule has 2 aliphatic rings. The van der Waals surface area contributed by atoms with Gasteiger partial charge in [-0.2, -0.15) is 10.2 Å². The summed E-state index contributed by atoms with van der Waals surface area (Å²) in [5.41, 5.74) is 9.16. The van der Waals surface area contributed by atoms with Crippen LogP contribution in [0, 0.1) is 22.6 Å². The number of aromatic nitrogens is 1. The monoisotopic (exact) mass is 392 g/mol.